The topological polar surface area (TPSA) is 26.3 Å². The van der Waals surface area contributed by atoms with Crippen LogP contribution in [0.1, 0.15) is 16.7 Å². The molecule has 2 nitrogen and oxygen atoms in total. The van der Waals surface area contributed by atoms with Crippen molar-refractivity contribution in [3.8, 4) is 16.9 Å². The largest absolute Gasteiger partial charge is 0.422 e. The van der Waals surface area contributed by atoms with E-state index < -0.39 is 23.5 Å². The summed E-state index contributed by atoms with van der Waals surface area (Å²) in [6, 6.07) is 9.71. The van der Waals surface area contributed by atoms with Crippen molar-refractivity contribution in [1.29, 1.82) is 0 Å². The molecule has 1 aliphatic carbocycles. The van der Waals surface area contributed by atoms with Gasteiger partial charge in [0.15, 0.2) is 0 Å². The van der Waals surface area contributed by atoms with E-state index in [1.807, 2.05) is 24.3 Å². The van der Waals surface area contributed by atoms with Crippen LogP contribution in [0.5, 0.6) is 5.75 Å². The van der Waals surface area contributed by atoms with Crippen LogP contribution in [0.4, 0.5) is 13.2 Å². The van der Waals surface area contributed by atoms with E-state index in [2.05, 4.69) is 6.58 Å². The summed E-state index contributed by atoms with van der Waals surface area (Å²) in [5.74, 6) is -1.33. The Morgan fingerprint density at radius 2 is 1.86 bits per heavy atom. The lowest BCUT2D eigenvalue weighted by Gasteiger charge is -2.16. The lowest BCUT2D eigenvalue weighted by atomic mass is 10.0. The minimum Gasteiger partial charge on any atom is -0.422 e. The smallest absolute Gasteiger partial charge is 0.419 e. The van der Waals surface area contributed by atoms with Crippen LogP contribution in [0, 0.1) is 0 Å². The molecule has 0 spiro atoms. The lowest BCUT2D eigenvalue weighted by molar-refractivity contribution is -0.140. The van der Waals surface area contributed by atoms with Gasteiger partial charge in [0, 0.05) is 18.1 Å². The number of benzene rings is 2. The average Bonchev–Trinajstić information content (AvgIpc) is 2.85. The Bertz CT molecular complexity index is 776. The number of carbonyl (C=O) groups is 1. The summed E-state index contributed by atoms with van der Waals surface area (Å²) in [7, 11) is 0. The molecule has 0 saturated heterocycles. The summed E-state index contributed by atoms with van der Waals surface area (Å²) < 4.78 is 44.5. The number of ether oxygens (including phenoxy) is 1. The van der Waals surface area contributed by atoms with E-state index in [1.54, 1.807) is 0 Å². The zero-order valence-electron chi connectivity index (χ0n) is 11.4. The van der Waals surface area contributed by atoms with Gasteiger partial charge in [-0.25, -0.2) is 4.79 Å². The Hall–Kier alpha value is -2.56. The highest BCUT2D eigenvalue weighted by atomic mass is 19.4. The second-order valence-corrected chi connectivity index (χ2v) is 4.93. The summed E-state index contributed by atoms with van der Waals surface area (Å²) >= 11 is 0. The van der Waals surface area contributed by atoms with Crippen LogP contribution in [-0.2, 0) is 17.4 Å². The number of hydrogen-bond acceptors (Lipinski definition) is 2. The van der Waals surface area contributed by atoms with Crippen molar-refractivity contribution in [3.63, 3.8) is 0 Å². The molecule has 0 N–H and O–H groups in total. The first-order valence-corrected chi connectivity index (χ1v) is 6.57. The molecule has 5 heteroatoms. The molecule has 1 aliphatic rings. The van der Waals surface area contributed by atoms with Gasteiger partial charge in [-0.2, -0.15) is 13.2 Å². The standard InChI is InChI=1S/C17H11F3O2/c1-2-15(21)22-16-13-9-10-5-3-4-6-11(10)12(13)7-8-14(16)17(18,19)20/h2-8H,1,9H2. The molecule has 3 rings (SSSR count). The van der Waals surface area contributed by atoms with Crippen LogP contribution in [0.3, 0.4) is 0 Å². The number of carbonyl (C=O) groups excluding carboxylic acids is 1. The van der Waals surface area contributed by atoms with E-state index in [1.165, 1.54) is 6.07 Å². The SMILES string of the molecule is C=CC(=O)Oc1c(C(F)(F)F)ccc2c1Cc1ccccc1-2. The number of alkyl halides is 3. The number of halogens is 3. The summed E-state index contributed by atoms with van der Waals surface area (Å²) in [4.78, 5) is 11.4. The van der Waals surface area contributed by atoms with Crippen molar-refractivity contribution in [2.75, 3.05) is 0 Å². The summed E-state index contributed by atoms with van der Waals surface area (Å²) in [5, 5.41) is 0. The van der Waals surface area contributed by atoms with Gasteiger partial charge in [-0.15, -0.1) is 0 Å². The fourth-order valence-corrected chi connectivity index (χ4v) is 2.67. The van der Waals surface area contributed by atoms with E-state index in [-0.39, 0.29) is 0 Å². The van der Waals surface area contributed by atoms with Crippen LogP contribution in [-0.4, -0.2) is 5.97 Å². The van der Waals surface area contributed by atoms with E-state index in [0.717, 1.165) is 23.3 Å². The first-order chi connectivity index (χ1) is 10.4. The molecule has 2 aromatic carbocycles. The third kappa shape index (κ3) is 2.28. The lowest BCUT2D eigenvalue weighted by Crippen LogP contribution is -2.13. The van der Waals surface area contributed by atoms with Crippen molar-refractivity contribution < 1.29 is 22.7 Å². The minimum absolute atomic E-state index is 0.301. The molecule has 0 aliphatic heterocycles. The molecule has 0 atom stereocenters. The van der Waals surface area contributed by atoms with Gasteiger partial charge in [-0.05, 0) is 22.8 Å². The highest BCUT2D eigenvalue weighted by Gasteiger charge is 2.38. The van der Waals surface area contributed by atoms with Crippen LogP contribution in [0.2, 0.25) is 0 Å². The zero-order chi connectivity index (χ0) is 15.9. The van der Waals surface area contributed by atoms with Crippen molar-refractivity contribution in [2.24, 2.45) is 0 Å². The maximum absolute atomic E-state index is 13.2. The molecule has 112 valence electrons. The first kappa shape index (κ1) is 14.4. The summed E-state index contributed by atoms with van der Waals surface area (Å²) in [6.45, 7) is 3.23. The van der Waals surface area contributed by atoms with E-state index >= 15 is 0 Å². The zero-order valence-corrected chi connectivity index (χ0v) is 11.4. The highest BCUT2D eigenvalue weighted by molar-refractivity contribution is 5.86. The molecule has 0 radical (unpaired) electrons. The van der Waals surface area contributed by atoms with Crippen molar-refractivity contribution in [1.82, 2.24) is 0 Å². The van der Waals surface area contributed by atoms with Gasteiger partial charge in [0.2, 0.25) is 0 Å². The summed E-state index contributed by atoms with van der Waals surface area (Å²) in [6.07, 6.45) is -3.45. The average molecular weight is 304 g/mol. The van der Waals surface area contributed by atoms with Crippen LogP contribution < -0.4 is 4.74 Å². The third-order valence-electron chi connectivity index (χ3n) is 3.61. The molecule has 0 heterocycles. The van der Waals surface area contributed by atoms with E-state index in [9.17, 15) is 18.0 Å². The predicted octanol–water partition coefficient (Wildman–Crippen LogP) is 4.37. The normalized spacial score (nSPS) is 12.5. The Morgan fingerprint density at radius 3 is 2.55 bits per heavy atom. The Kier molecular flexibility index (Phi) is 3.28. The number of fused-ring (bicyclic) bond motifs is 3. The maximum atomic E-state index is 13.2. The van der Waals surface area contributed by atoms with Crippen molar-refractivity contribution >= 4 is 5.97 Å². The quantitative estimate of drug-likeness (QED) is 0.399. The Labute approximate surface area is 124 Å². The molecule has 22 heavy (non-hydrogen) atoms. The summed E-state index contributed by atoms with van der Waals surface area (Å²) in [5.41, 5.74) is 1.87. The Morgan fingerprint density at radius 1 is 1.14 bits per heavy atom. The number of rotatable bonds is 2. The first-order valence-electron chi connectivity index (χ1n) is 6.57. The molecule has 0 fully saturated rings. The van der Waals surface area contributed by atoms with Crippen LogP contribution in [0.25, 0.3) is 11.1 Å². The van der Waals surface area contributed by atoms with Crippen molar-refractivity contribution in [3.05, 3.63) is 65.7 Å². The van der Waals surface area contributed by atoms with Crippen molar-refractivity contribution in [2.45, 2.75) is 12.6 Å². The van der Waals surface area contributed by atoms with Gasteiger partial charge < -0.3 is 4.74 Å². The second kappa shape index (κ2) is 5.02. The molecule has 0 bridgehead atoms. The highest BCUT2D eigenvalue weighted by Crippen LogP contribution is 2.47. The monoisotopic (exact) mass is 304 g/mol. The molecular weight excluding hydrogens is 293 g/mol. The number of hydrogen-bond donors (Lipinski definition) is 0. The van der Waals surface area contributed by atoms with E-state index in [4.69, 9.17) is 4.74 Å². The van der Waals surface area contributed by atoms with Crippen LogP contribution in [0.15, 0.2) is 49.1 Å². The maximum Gasteiger partial charge on any atom is 0.419 e. The van der Waals surface area contributed by atoms with Gasteiger partial charge in [-0.1, -0.05) is 36.9 Å². The fraction of sp³-hybridized carbons (Fsp3) is 0.118. The predicted molar refractivity (Wildman–Crippen MR) is 75.5 cm³/mol. The molecule has 0 amide bonds. The number of esters is 1. The Balaban J connectivity index is 2.21. The van der Waals surface area contributed by atoms with Crippen LogP contribution >= 0.6 is 0 Å². The van der Waals surface area contributed by atoms with Gasteiger partial charge in [0.1, 0.15) is 5.75 Å². The van der Waals surface area contributed by atoms with Gasteiger partial charge >= 0.3 is 12.1 Å². The molecule has 0 saturated carbocycles. The van der Waals surface area contributed by atoms with Gasteiger partial charge in [0.25, 0.3) is 0 Å². The molecule has 0 unspecified atom stereocenters. The second-order valence-electron chi connectivity index (χ2n) is 4.93. The minimum atomic E-state index is -4.60. The van der Waals surface area contributed by atoms with E-state index in [0.29, 0.717) is 17.5 Å². The third-order valence-corrected chi connectivity index (χ3v) is 3.61. The van der Waals surface area contributed by atoms with Gasteiger partial charge in [0.05, 0.1) is 5.56 Å². The molecule has 0 aromatic heterocycles. The fourth-order valence-electron chi connectivity index (χ4n) is 2.67. The molecular formula is C17H11F3O2. The van der Waals surface area contributed by atoms with Gasteiger partial charge in [-0.3, -0.25) is 0 Å². The molecule has 2 aromatic rings.